The van der Waals surface area contributed by atoms with E-state index in [1.54, 1.807) is 0 Å². The van der Waals surface area contributed by atoms with Crippen LogP contribution in [0.4, 0.5) is 81.6 Å². The minimum atomic E-state index is -7.31. The van der Waals surface area contributed by atoms with Gasteiger partial charge < -0.3 is 0 Å². The Morgan fingerprint density at radius 2 is 0.697 bits per heavy atom. The lowest BCUT2D eigenvalue weighted by atomic mass is 9.98. The maximum Gasteiger partial charge on any atom is 0.460 e. The van der Waals surface area contributed by atoms with Gasteiger partial charge in [0, 0.05) is 0 Å². The molecule has 0 atom stereocenters. The molecule has 18 heteroatoms. The number of benzene rings is 2. The number of hydrogen-bond donors (Lipinski definition) is 0. The lowest BCUT2D eigenvalue weighted by Gasteiger charge is -2.29. The largest absolute Gasteiger partial charge is 0.460 e. The maximum atomic E-state index is 13.9. The van der Waals surface area contributed by atoms with Gasteiger partial charge in [0.2, 0.25) is 5.82 Å². The summed E-state index contributed by atoms with van der Waals surface area (Å²) in [6.45, 7) is 0. The van der Waals surface area contributed by atoms with Crippen LogP contribution in [-0.4, -0.2) is 12.1 Å². The Kier molecular flexibility index (Phi) is 6.38. The second kappa shape index (κ2) is 8.05. The molecule has 2 rings (SSSR count). The van der Waals surface area contributed by atoms with E-state index in [9.17, 15) is 70.2 Å². The van der Waals surface area contributed by atoms with Gasteiger partial charge in [-0.3, -0.25) is 0 Å². The third kappa shape index (κ3) is 3.84. The summed E-state index contributed by atoms with van der Waals surface area (Å²) < 4.78 is 212. The Balaban J connectivity index is 2.93. The fourth-order valence-electron chi connectivity index (χ4n) is 2.12. The predicted molar refractivity (Wildman–Crippen MR) is 71.6 cm³/mol. The van der Waals surface area contributed by atoms with E-state index in [0.29, 0.717) is 0 Å². The highest BCUT2D eigenvalue weighted by atomic mass is 19.4. The lowest BCUT2D eigenvalue weighted by Crippen LogP contribution is -2.50. The van der Waals surface area contributed by atoms with Gasteiger partial charge in [0.15, 0.2) is 52.2 Å². The van der Waals surface area contributed by atoms with Crippen LogP contribution in [0.1, 0.15) is 5.56 Å². The fraction of sp³-hybridized carbons (Fsp3) is 0.200. The van der Waals surface area contributed by atoms with Gasteiger partial charge in [-0.25, -0.2) is 39.5 Å². The van der Waals surface area contributed by atoms with Crippen molar-refractivity contribution < 1.29 is 70.2 Å². The molecule has 0 N–H and O–H groups in total. The average Bonchev–Trinajstić information content (AvgIpc) is 2.71. The number of alkyl halides is 7. The van der Waals surface area contributed by atoms with Gasteiger partial charge in [0.05, 0.1) is 5.56 Å². The van der Waals surface area contributed by atoms with Gasteiger partial charge in [-0.05, 0) is 0 Å². The number of azo groups is 1. The van der Waals surface area contributed by atoms with Crippen molar-refractivity contribution in [2.75, 3.05) is 0 Å². The number of hydrogen-bond acceptors (Lipinski definition) is 2. The topological polar surface area (TPSA) is 24.7 Å². The Labute approximate surface area is 169 Å². The van der Waals surface area contributed by atoms with Crippen LogP contribution in [0.5, 0.6) is 0 Å². The van der Waals surface area contributed by atoms with Gasteiger partial charge in [-0.2, -0.15) is 30.7 Å². The summed E-state index contributed by atoms with van der Waals surface area (Å²) in [7, 11) is 0. The normalized spacial score (nSPS) is 13.3. The third-order valence-electron chi connectivity index (χ3n) is 3.74. The highest BCUT2D eigenvalue weighted by molar-refractivity contribution is 5.53. The smallest absolute Gasteiger partial charge is 0.203 e. The maximum absolute atomic E-state index is 13.9. The molecule has 0 saturated carbocycles. The summed E-state index contributed by atoms with van der Waals surface area (Å²) in [5.41, 5.74) is -9.11. The second-order valence-corrected chi connectivity index (χ2v) is 5.74. The molecule has 0 unspecified atom stereocenters. The molecular weight excluding hydrogens is 512 g/mol. The molecule has 0 bridgehead atoms. The van der Waals surface area contributed by atoms with Crippen LogP contribution in [0, 0.1) is 52.4 Å². The van der Waals surface area contributed by atoms with E-state index in [4.69, 9.17) is 0 Å². The monoisotopic (exact) mass is 512 g/mol. The first-order chi connectivity index (χ1) is 14.8. The van der Waals surface area contributed by atoms with E-state index in [-0.39, 0.29) is 0 Å². The van der Waals surface area contributed by atoms with Crippen molar-refractivity contribution in [2.24, 2.45) is 10.2 Å². The highest BCUT2D eigenvalue weighted by Crippen LogP contribution is 2.55. The Morgan fingerprint density at radius 1 is 0.394 bits per heavy atom. The Morgan fingerprint density at radius 3 is 1.09 bits per heavy atom. The van der Waals surface area contributed by atoms with Crippen LogP contribution in [0.15, 0.2) is 10.2 Å². The molecule has 33 heavy (non-hydrogen) atoms. The number of rotatable bonds is 4. The standard InChI is InChI=1S/C15F16N2/c16-2-1(13(25,26)14(27,28)15(29,30)31)11(8(22)5(19)3(2)17)32-33-12-9(23)6(20)4(18)7(21)10(12)24. The molecule has 0 radical (unpaired) electrons. The quantitative estimate of drug-likeness (QED) is 0.174. The van der Waals surface area contributed by atoms with Crippen molar-refractivity contribution in [1.82, 2.24) is 0 Å². The summed E-state index contributed by atoms with van der Waals surface area (Å²) in [6.07, 6.45) is -7.22. The molecule has 2 aromatic carbocycles. The van der Waals surface area contributed by atoms with Crippen molar-refractivity contribution in [3.05, 3.63) is 57.9 Å². The highest BCUT2D eigenvalue weighted by Gasteiger charge is 2.75. The molecule has 2 aromatic rings. The molecule has 0 fully saturated rings. The third-order valence-corrected chi connectivity index (χ3v) is 3.74. The van der Waals surface area contributed by atoms with E-state index in [2.05, 4.69) is 0 Å². The van der Waals surface area contributed by atoms with Crippen LogP contribution < -0.4 is 0 Å². The van der Waals surface area contributed by atoms with Crippen LogP contribution in [-0.2, 0) is 5.92 Å². The minimum absolute atomic E-state index is 1.92. The molecular formula is C15F16N2. The first-order valence-corrected chi connectivity index (χ1v) is 7.42. The molecule has 0 aromatic heterocycles. The van der Waals surface area contributed by atoms with Crippen molar-refractivity contribution in [3.63, 3.8) is 0 Å². The van der Waals surface area contributed by atoms with E-state index < -0.39 is 87.3 Å². The summed E-state index contributed by atoms with van der Waals surface area (Å²) in [5, 5.41) is 3.92. The molecule has 182 valence electrons. The fourth-order valence-corrected chi connectivity index (χ4v) is 2.12. The molecule has 0 saturated heterocycles. The van der Waals surface area contributed by atoms with Crippen LogP contribution in [0.3, 0.4) is 0 Å². The predicted octanol–water partition coefficient (Wildman–Crippen LogP) is 7.64. The number of halogens is 16. The average molecular weight is 512 g/mol. The van der Waals surface area contributed by atoms with Gasteiger partial charge >= 0.3 is 18.0 Å². The molecule has 0 aliphatic carbocycles. The van der Waals surface area contributed by atoms with E-state index in [0.717, 1.165) is 0 Å². The summed E-state index contributed by atoms with van der Waals surface area (Å²) in [4.78, 5) is 0. The van der Waals surface area contributed by atoms with E-state index in [1.807, 2.05) is 10.2 Å². The molecule has 2 nitrogen and oxygen atoms in total. The lowest BCUT2D eigenvalue weighted by molar-refractivity contribution is -0.360. The van der Waals surface area contributed by atoms with Crippen molar-refractivity contribution >= 4 is 11.4 Å². The summed E-state index contributed by atoms with van der Waals surface area (Å²) in [6, 6.07) is 0. The zero-order valence-corrected chi connectivity index (χ0v) is 14.4. The van der Waals surface area contributed by atoms with Crippen molar-refractivity contribution in [3.8, 4) is 0 Å². The van der Waals surface area contributed by atoms with Crippen molar-refractivity contribution in [1.29, 1.82) is 0 Å². The SMILES string of the molecule is Fc1c(F)c(F)c(N=Nc2c(F)c(F)c(F)c(F)c2C(F)(F)C(F)(F)C(F)(F)F)c(F)c1F. The summed E-state index contributed by atoms with van der Waals surface area (Å²) in [5.74, 6) is -41.7. The summed E-state index contributed by atoms with van der Waals surface area (Å²) >= 11 is 0. The van der Waals surface area contributed by atoms with Crippen LogP contribution in [0.2, 0.25) is 0 Å². The first-order valence-electron chi connectivity index (χ1n) is 7.42. The van der Waals surface area contributed by atoms with Crippen molar-refractivity contribution in [2.45, 2.75) is 18.0 Å². The number of nitrogens with zero attached hydrogens (tertiary/aromatic N) is 2. The molecule has 0 heterocycles. The van der Waals surface area contributed by atoms with Gasteiger partial charge in [-0.1, -0.05) is 0 Å². The first kappa shape index (κ1) is 26.2. The van der Waals surface area contributed by atoms with Crippen LogP contribution >= 0.6 is 0 Å². The zero-order chi connectivity index (χ0) is 25.8. The van der Waals surface area contributed by atoms with Gasteiger partial charge in [0.1, 0.15) is 5.69 Å². The van der Waals surface area contributed by atoms with E-state index in [1.165, 1.54) is 0 Å². The van der Waals surface area contributed by atoms with E-state index >= 15 is 0 Å². The van der Waals surface area contributed by atoms with Gasteiger partial charge in [0.25, 0.3) is 0 Å². The zero-order valence-electron chi connectivity index (χ0n) is 14.4. The van der Waals surface area contributed by atoms with Gasteiger partial charge in [-0.15, -0.1) is 10.2 Å². The minimum Gasteiger partial charge on any atom is -0.203 e. The Bertz CT molecular complexity index is 1120. The molecule has 0 amide bonds. The molecule has 0 aliphatic rings. The second-order valence-electron chi connectivity index (χ2n) is 5.74. The Hall–Kier alpha value is -3.08. The van der Waals surface area contributed by atoms with Crippen LogP contribution in [0.25, 0.3) is 0 Å². The molecule has 0 aliphatic heterocycles. The molecule has 0 spiro atoms.